The molecule has 0 spiro atoms. The Kier molecular flexibility index (Phi) is 5.41. The maximum Gasteiger partial charge on any atom is 0.173 e. The van der Waals surface area contributed by atoms with Crippen LogP contribution < -0.4 is 0 Å². The summed E-state index contributed by atoms with van der Waals surface area (Å²) in [7, 11) is 0. The van der Waals surface area contributed by atoms with E-state index < -0.39 is 0 Å². The fourth-order valence-electron chi connectivity index (χ4n) is 2.93. The number of hydrogen-bond donors (Lipinski definition) is 0. The summed E-state index contributed by atoms with van der Waals surface area (Å²) >= 11 is 4.89. The number of benzene rings is 3. The second kappa shape index (κ2) is 8.11. The molecular weight excluding hydrogens is 420 g/mol. The number of thioether (sulfide) groups is 1. The van der Waals surface area contributed by atoms with Crippen molar-refractivity contribution in [1.82, 2.24) is 9.55 Å². The number of ketones is 1. The van der Waals surface area contributed by atoms with Gasteiger partial charge in [-0.15, -0.1) is 0 Å². The molecule has 0 bridgehead atoms. The van der Waals surface area contributed by atoms with Gasteiger partial charge in [0.2, 0.25) is 0 Å². The van der Waals surface area contributed by atoms with E-state index in [1.54, 1.807) is 0 Å². The number of aromatic nitrogens is 2. The molecule has 5 heteroatoms. The second-order valence-electron chi connectivity index (χ2n) is 6.17. The van der Waals surface area contributed by atoms with Crippen molar-refractivity contribution in [1.29, 1.82) is 0 Å². The number of halogens is 1. The SMILES string of the molecule is O=C(CSc1nc2ccccc2n1Cc1ccccc1)c1ccc(Br)cc1. The van der Waals surface area contributed by atoms with Crippen LogP contribution in [0.3, 0.4) is 0 Å². The first-order chi connectivity index (χ1) is 13.2. The molecule has 0 saturated heterocycles. The summed E-state index contributed by atoms with van der Waals surface area (Å²) in [5.41, 5.74) is 3.96. The lowest BCUT2D eigenvalue weighted by Crippen LogP contribution is -2.05. The molecule has 0 radical (unpaired) electrons. The van der Waals surface area contributed by atoms with E-state index in [9.17, 15) is 4.79 Å². The molecule has 27 heavy (non-hydrogen) atoms. The molecule has 0 aliphatic heterocycles. The number of rotatable bonds is 6. The first kappa shape index (κ1) is 18.0. The van der Waals surface area contributed by atoms with Gasteiger partial charge in [-0.1, -0.05) is 82.3 Å². The van der Waals surface area contributed by atoms with Gasteiger partial charge in [-0.3, -0.25) is 4.79 Å². The molecule has 0 atom stereocenters. The van der Waals surface area contributed by atoms with Gasteiger partial charge in [0.1, 0.15) is 0 Å². The third kappa shape index (κ3) is 4.15. The van der Waals surface area contributed by atoms with Crippen molar-refractivity contribution in [2.75, 3.05) is 5.75 Å². The van der Waals surface area contributed by atoms with Crippen LogP contribution in [0.15, 0.2) is 88.5 Å². The third-order valence-electron chi connectivity index (χ3n) is 4.30. The Labute approximate surface area is 170 Å². The highest BCUT2D eigenvalue weighted by Gasteiger charge is 2.14. The zero-order valence-electron chi connectivity index (χ0n) is 14.5. The van der Waals surface area contributed by atoms with Gasteiger partial charge in [-0.2, -0.15) is 0 Å². The maximum atomic E-state index is 12.5. The Morgan fingerprint density at radius 2 is 1.63 bits per heavy atom. The van der Waals surface area contributed by atoms with Crippen LogP contribution in [0, 0.1) is 0 Å². The van der Waals surface area contributed by atoms with Gasteiger partial charge in [0.05, 0.1) is 23.3 Å². The summed E-state index contributed by atoms with van der Waals surface area (Å²) in [5.74, 6) is 0.463. The van der Waals surface area contributed by atoms with Crippen molar-refractivity contribution in [2.24, 2.45) is 0 Å². The van der Waals surface area contributed by atoms with Gasteiger partial charge in [0.25, 0.3) is 0 Å². The minimum atomic E-state index is 0.103. The van der Waals surface area contributed by atoms with Crippen LogP contribution in [-0.4, -0.2) is 21.1 Å². The summed E-state index contributed by atoms with van der Waals surface area (Å²) in [5, 5.41) is 0.866. The van der Waals surface area contributed by atoms with E-state index in [0.717, 1.165) is 32.8 Å². The molecule has 1 aromatic heterocycles. The van der Waals surface area contributed by atoms with Crippen LogP contribution in [0.4, 0.5) is 0 Å². The van der Waals surface area contributed by atoms with Gasteiger partial charge < -0.3 is 4.57 Å². The molecule has 134 valence electrons. The zero-order valence-corrected chi connectivity index (χ0v) is 16.9. The van der Waals surface area contributed by atoms with Gasteiger partial charge in [-0.05, 0) is 29.8 Å². The van der Waals surface area contributed by atoms with Gasteiger partial charge in [-0.25, -0.2) is 4.98 Å². The zero-order chi connectivity index (χ0) is 18.6. The van der Waals surface area contributed by atoms with Crippen molar-refractivity contribution in [2.45, 2.75) is 11.7 Å². The Morgan fingerprint density at radius 3 is 2.41 bits per heavy atom. The van der Waals surface area contributed by atoms with Crippen LogP contribution in [-0.2, 0) is 6.54 Å². The number of nitrogens with zero attached hydrogens (tertiary/aromatic N) is 2. The van der Waals surface area contributed by atoms with Crippen LogP contribution in [0.5, 0.6) is 0 Å². The predicted octanol–water partition coefficient (Wildman–Crippen LogP) is 5.82. The van der Waals surface area contributed by atoms with Crippen LogP contribution >= 0.6 is 27.7 Å². The molecule has 0 saturated carbocycles. The average Bonchev–Trinajstić information content (AvgIpc) is 3.05. The monoisotopic (exact) mass is 436 g/mol. The van der Waals surface area contributed by atoms with E-state index in [0.29, 0.717) is 5.75 Å². The molecule has 3 nitrogen and oxygen atoms in total. The van der Waals surface area contributed by atoms with E-state index in [2.05, 4.69) is 38.7 Å². The number of hydrogen-bond acceptors (Lipinski definition) is 3. The lowest BCUT2D eigenvalue weighted by Gasteiger charge is -2.09. The summed E-state index contributed by atoms with van der Waals surface area (Å²) < 4.78 is 3.15. The summed E-state index contributed by atoms with van der Waals surface area (Å²) in [6.07, 6.45) is 0. The van der Waals surface area contributed by atoms with Crippen molar-refractivity contribution in [3.8, 4) is 0 Å². The largest absolute Gasteiger partial charge is 0.314 e. The van der Waals surface area contributed by atoms with Gasteiger partial charge in [0.15, 0.2) is 10.9 Å². The minimum absolute atomic E-state index is 0.103. The average molecular weight is 437 g/mol. The van der Waals surface area contributed by atoms with E-state index in [1.165, 1.54) is 17.3 Å². The molecular formula is C22H17BrN2OS. The van der Waals surface area contributed by atoms with Crippen molar-refractivity contribution in [3.05, 3.63) is 94.5 Å². The minimum Gasteiger partial charge on any atom is -0.314 e. The number of para-hydroxylation sites is 2. The van der Waals surface area contributed by atoms with E-state index in [1.807, 2.05) is 60.7 Å². The van der Waals surface area contributed by atoms with Gasteiger partial charge >= 0.3 is 0 Å². The topological polar surface area (TPSA) is 34.9 Å². The smallest absolute Gasteiger partial charge is 0.173 e. The first-order valence-electron chi connectivity index (χ1n) is 8.61. The highest BCUT2D eigenvalue weighted by Crippen LogP contribution is 2.26. The fourth-order valence-corrected chi connectivity index (χ4v) is 4.10. The molecule has 0 aliphatic carbocycles. The van der Waals surface area contributed by atoms with Crippen LogP contribution in [0.1, 0.15) is 15.9 Å². The number of carbonyl (C=O) groups is 1. The van der Waals surface area contributed by atoms with Crippen molar-refractivity contribution < 1.29 is 4.79 Å². The van der Waals surface area contributed by atoms with Gasteiger partial charge in [0, 0.05) is 10.0 Å². The Bertz CT molecular complexity index is 1070. The molecule has 3 aromatic carbocycles. The number of imidazole rings is 1. The molecule has 0 aliphatic rings. The lowest BCUT2D eigenvalue weighted by molar-refractivity contribution is 0.102. The third-order valence-corrected chi connectivity index (χ3v) is 5.81. The predicted molar refractivity (Wildman–Crippen MR) is 114 cm³/mol. The number of fused-ring (bicyclic) bond motifs is 1. The Hall–Kier alpha value is -2.37. The molecule has 4 rings (SSSR count). The number of Topliss-reactive ketones (excluding diaryl/α,β-unsaturated/α-hetero) is 1. The quantitative estimate of drug-likeness (QED) is 0.282. The van der Waals surface area contributed by atoms with Crippen molar-refractivity contribution in [3.63, 3.8) is 0 Å². The van der Waals surface area contributed by atoms with Crippen LogP contribution in [0.25, 0.3) is 11.0 Å². The molecule has 4 aromatic rings. The molecule has 0 N–H and O–H groups in total. The fraction of sp³-hybridized carbons (Fsp3) is 0.0909. The summed E-state index contributed by atoms with van der Waals surface area (Å²) in [6, 6.07) is 25.9. The lowest BCUT2D eigenvalue weighted by atomic mass is 10.2. The summed E-state index contributed by atoms with van der Waals surface area (Å²) in [6.45, 7) is 0.732. The molecule has 0 fully saturated rings. The van der Waals surface area contributed by atoms with Crippen molar-refractivity contribution >= 4 is 44.5 Å². The first-order valence-corrected chi connectivity index (χ1v) is 10.4. The summed E-state index contributed by atoms with van der Waals surface area (Å²) in [4.78, 5) is 17.3. The highest BCUT2D eigenvalue weighted by molar-refractivity contribution is 9.10. The highest BCUT2D eigenvalue weighted by atomic mass is 79.9. The number of carbonyl (C=O) groups excluding carboxylic acids is 1. The maximum absolute atomic E-state index is 12.5. The van der Waals surface area contributed by atoms with E-state index in [4.69, 9.17) is 4.98 Å². The second-order valence-corrected chi connectivity index (χ2v) is 8.03. The molecule has 0 amide bonds. The van der Waals surface area contributed by atoms with E-state index >= 15 is 0 Å². The molecule has 1 heterocycles. The standard InChI is InChI=1S/C22H17BrN2OS/c23-18-12-10-17(11-13-18)21(26)15-27-22-24-19-8-4-5-9-20(19)25(22)14-16-6-2-1-3-7-16/h1-13H,14-15H2. The Morgan fingerprint density at radius 1 is 0.926 bits per heavy atom. The Balaban J connectivity index is 1.60. The van der Waals surface area contributed by atoms with Crippen LogP contribution in [0.2, 0.25) is 0 Å². The molecule has 0 unspecified atom stereocenters. The normalized spacial score (nSPS) is 11.0. The van der Waals surface area contributed by atoms with E-state index in [-0.39, 0.29) is 5.78 Å².